The maximum Gasteiger partial charge on any atom is 0.268 e. The van der Waals surface area contributed by atoms with Crippen LogP contribution in [0.5, 0.6) is 0 Å². The highest BCUT2D eigenvalue weighted by Crippen LogP contribution is 2.14. The minimum atomic E-state index is -0.557. The summed E-state index contributed by atoms with van der Waals surface area (Å²) in [5.74, 6) is -0.470. The predicted octanol–water partition coefficient (Wildman–Crippen LogP) is 1.42. The molecule has 5 nitrogen and oxygen atoms in total. The van der Waals surface area contributed by atoms with Crippen molar-refractivity contribution in [2.24, 2.45) is 0 Å². The molecular weight excluding hydrogens is 242 g/mol. The van der Waals surface area contributed by atoms with E-state index in [1.165, 1.54) is 0 Å². The number of amides is 2. The molecule has 0 saturated carbocycles. The van der Waals surface area contributed by atoms with E-state index >= 15 is 0 Å². The van der Waals surface area contributed by atoms with E-state index in [9.17, 15) is 9.59 Å². The molecule has 0 spiro atoms. The van der Waals surface area contributed by atoms with Gasteiger partial charge in [-0.2, -0.15) is 0 Å². The number of H-pyrrole nitrogens is 1. The summed E-state index contributed by atoms with van der Waals surface area (Å²) < 4.78 is 0. The number of carbonyl (C=O) groups excluding carboxylic acids is 2. The zero-order chi connectivity index (χ0) is 13.8. The number of para-hydroxylation sites is 1. The highest BCUT2D eigenvalue weighted by Gasteiger charge is 2.16. The first-order valence-electron chi connectivity index (χ1n) is 6.28. The molecule has 0 radical (unpaired) electrons. The van der Waals surface area contributed by atoms with Crippen LogP contribution in [0.4, 0.5) is 0 Å². The molecule has 100 valence electrons. The maximum absolute atomic E-state index is 12.0. The lowest BCUT2D eigenvalue weighted by atomic mass is 10.2. The van der Waals surface area contributed by atoms with Gasteiger partial charge in [0, 0.05) is 17.4 Å². The van der Waals surface area contributed by atoms with Gasteiger partial charge in [-0.25, -0.2) is 0 Å². The number of rotatable bonds is 4. The third-order valence-corrected chi connectivity index (χ3v) is 2.87. The largest absolute Gasteiger partial charge is 0.355 e. The second-order valence-corrected chi connectivity index (χ2v) is 4.36. The van der Waals surface area contributed by atoms with Crippen LogP contribution < -0.4 is 10.6 Å². The van der Waals surface area contributed by atoms with Crippen LogP contribution in [0.3, 0.4) is 0 Å². The summed E-state index contributed by atoms with van der Waals surface area (Å²) in [6.45, 7) is 4.04. The molecule has 1 atom stereocenters. The van der Waals surface area contributed by atoms with E-state index < -0.39 is 6.04 Å². The summed E-state index contributed by atoms with van der Waals surface area (Å²) in [6, 6.07) is 8.86. The second-order valence-electron chi connectivity index (χ2n) is 4.36. The van der Waals surface area contributed by atoms with E-state index in [2.05, 4.69) is 15.6 Å². The topological polar surface area (TPSA) is 74.0 Å². The van der Waals surface area contributed by atoms with Gasteiger partial charge in [0.2, 0.25) is 5.91 Å². The van der Waals surface area contributed by atoms with Crippen molar-refractivity contribution in [1.29, 1.82) is 0 Å². The monoisotopic (exact) mass is 259 g/mol. The smallest absolute Gasteiger partial charge is 0.268 e. The van der Waals surface area contributed by atoms with Crippen molar-refractivity contribution in [3.8, 4) is 0 Å². The van der Waals surface area contributed by atoms with Crippen LogP contribution in [-0.2, 0) is 4.79 Å². The van der Waals surface area contributed by atoms with Gasteiger partial charge in [-0.15, -0.1) is 0 Å². The third-order valence-electron chi connectivity index (χ3n) is 2.87. The summed E-state index contributed by atoms with van der Waals surface area (Å²) in [6.07, 6.45) is 0. The van der Waals surface area contributed by atoms with E-state index in [4.69, 9.17) is 0 Å². The van der Waals surface area contributed by atoms with Crippen molar-refractivity contribution in [1.82, 2.24) is 15.6 Å². The van der Waals surface area contributed by atoms with Gasteiger partial charge < -0.3 is 15.6 Å². The van der Waals surface area contributed by atoms with Gasteiger partial charge in [0.15, 0.2) is 0 Å². The molecule has 5 heteroatoms. The number of benzene rings is 1. The van der Waals surface area contributed by atoms with Crippen molar-refractivity contribution in [2.45, 2.75) is 19.9 Å². The van der Waals surface area contributed by atoms with Crippen LogP contribution in [0.15, 0.2) is 30.3 Å². The molecule has 1 aromatic carbocycles. The molecule has 2 aromatic rings. The zero-order valence-electron chi connectivity index (χ0n) is 11.0. The molecule has 2 amide bonds. The first-order chi connectivity index (χ1) is 9.11. The number of hydrogen-bond acceptors (Lipinski definition) is 2. The Morgan fingerprint density at radius 3 is 2.74 bits per heavy atom. The normalized spacial score (nSPS) is 12.1. The molecule has 3 N–H and O–H groups in total. The van der Waals surface area contributed by atoms with Crippen LogP contribution in [0.1, 0.15) is 24.3 Å². The Morgan fingerprint density at radius 2 is 2.05 bits per heavy atom. The van der Waals surface area contributed by atoms with Crippen LogP contribution in [0, 0.1) is 0 Å². The number of fused-ring (bicyclic) bond motifs is 1. The Kier molecular flexibility index (Phi) is 3.85. The molecule has 0 aliphatic heterocycles. The van der Waals surface area contributed by atoms with Crippen LogP contribution >= 0.6 is 0 Å². The average molecular weight is 259 g/mol. The lowest BCUT2D eigenvalue weighted by molar-refractivity contribution is -0.122. The fourth-order valence-electron chi connectivity index (χ4n) is 1.86. The Balaban J connectivity index is 2.09. The summed E-state index contributed by atoms with van der Waals surface area (Å²) in [4.78, 5) is 26.6. The Bertz CT molecular complexity index is 571. The van der Waals surface area contributed by atoms with Gasteiger partial charge in [-0.3, -0.25) is 9.59 Å². The minimum Gasteiger partial charge on any atom is -0.355 e. The Hall–Kier alpha value is -2.30. The standard InChI is InChI=1S/C14H17N3O2/c1-3-15-13(18)9(2)16-14(19)12-8-10-6-4-5-7-11(10)17-12/h4-9,17H,3H2,1-2H3,(H,15,18)(H,16,19)/t9-/m0/s1. The molecule has 0 saturated heterocycles. The molecule has 1 aromatic heterocycles. The van der Waals surface area contributed by atoms with Gasteiger partial charge in [0.05, 0.1) is 0 Å². The van der Waals surface area contributed by atoms with E-state index in [-0.39, 0.29) is 11.8 Å². The van der Waals surface area contributed by atoms with E-state index in [0.29, 0.717) is 12.2 Å². The van der Waals surface area contributed by atoms with E-state index in [1.54, 1.807) is 13.0 Å². The minimum absolute atomic E-state index is 0.188. The highest BCUT2D eigenvalue weighted by molar-refractivity contribution is 6.00. The summed E-state index contributed by atoms with van der Waals surface area (Å²) in [5, 5.41) is 6.29. The molecule has 1 heterocycles. The number of aromatic amines is 1. The first kappa shape index (κ1) is 13.1. The summed E-state index contributed by atoms with van der Waals surface area (Å²) in [5.41, 5.74) is 1.36. The fraction of sp³-hybridized carbons (Fsp3) is 0.286. The van der Waals surface area contributed by atoms with Gasteiger partial charge in [-0.05, 0) is 26.0 Å². The first-order valence-corrected chi connectivity index (χ1v) is 6.28. The number of likely N-dealkylation sites (N-methyl/N-ethyl adjacent to an activating group) is 1. The van der Waals surface area contributed by atoms with E-state index in [0.717, 1.165) is 10.9 Å². The maximum atomic E-state index is 12.0. The van der Waals surface area contributed by atoms with Gasteiger partial charge >= 0.3 is 0 Å². The van der Waals surface area contributed by atoms with Crippen molar-refractivity contribution in [2.75, 3.05) is 6.54 Å². The highest BCUT2D eigenvalue weighted by atomic mass is 16.2. The van der Waals surface area contributed by atoms with Gasteiger partial charge in [0.1, 0.15) is 11.7 Å². The lowest BCUT2D eigenvalue weighted by Crippen LogP contribution is -2.44. The summed E-state index contributed by atoms with van der Waals surface area (Å²) in [7, 11) is 0. The quantitative estimate of drug-likeness (QED) is 0.777. The average Bonchev–Trinajstić information content (AvgIpc) is 2.82. The Morgan fingerprint density at radius 1 is 1.32 bits per heavy atom. The molecule has 2 rings (SSSR count). The molecule has 0 aliphatic rings. The summed E-state index contributed by atoms with van der Waals surface area (Å²) >= 11 is 0. The number of carbonyl (C=O) groups is 2. The van der Waals surface area contributed by atoms with Crippen LogP contribution in [-0.4, -0.2) is 29.4 Å². The molecule has 0 bridgehead atoms. The predicted molar refractivity (Wildman–Crippen MR) is 73.9 cm³/mol. The fourth-order valence-corrected chi connectivity index (χ4v) is 1.86. The molecule has 0 aliphatic carbocycles. The number of nitrogens with one attached hydrogen (secondary N) is 3. The van der Waals surface area contributed by atoms with Crippen molar-refractivity contribution >= 4 is 22.7 Å². The number of hydrogen-bond donors (Lipinski definition) is 3. The molecule has 0 unspecified atom stereocenters. The van der Waals surface area contributed by atoms with Crippen LogP contribution in [0.2, 0.25) is 0 Å². The molecular formula is C14H17N3O2. The van der Waals surface area contributed by atoms with Crippen molar-refractivity contribution in [3.63, 3.8) is 0 Å². The Labute approximate surface area is 111 Å². The third kappa shape index (κ3) is 2.93. The molecule has 0 fully saturated rings. The lowest BCUT2D eigenvalue weighted by Gasteiger charge is -2.12. The van der Waals surface area contributed by atoms with Crippen molar-refractivity contribution in [3.05, 3.63) is 36.0 Å². The SMILES string of the molecule is CCNC(=O)[C@H](C)NC(=O)c1cc2ccccc2[nH]1. The second kappa shape index (κ2) is 5.56. The van der Waals surface area contributed by atoms with Gasteiger partial charge in [-0.1, -0.05) is 18.2 Å². The van der Waals surface area contributed by atoms with Crippen molar-refractivity contribution < 1.29 is 9.59 Å². The van der Waals surface area contributed by atoms with Gasteiger partial charge in [0.25, 0.3) is 5.91 Å². The van der Waals surface area contributed by atoms with E-state index in [1.807, 2.05) is 31.2 Å². The number of aromatic nitrogens is 1. The molecule has 19 heavy (non-hydrogen) atoms. The van der Waals surface area contributed by atoms with Crippen LogP contribution in [0.25, 0.3) is 10.9 Å². The zero-order valence-corrected chi connectivity index (χ0v) is 11.0.